The van der Waals surface area contributed by atoms with E-state index < -0.39 is 0 Å². The first-order valence-electron chi connectivity index (χ1n) is 5.92. The van der Waals surface area contributed by atoms with E-state index in [1.807, 2.05) is 0 Å². The highest BCUT2D eigenvalue weighted by atomic mass is 35.5. The molecule has 1 aromatic carbocycles. The van der Waals surface area contributed by atoms with Gasteiger partial charge in [-0.25, -0.2) is 0 Å². The van der Waals surface area contributed by atoms with Crippen LogP contribution in [0.5, 0.6) is 5.75 Å². The molecule has 1 fully saturated rings. The van der Waals surface area contributed by atoms with Gasteiger partial charge in [0.2, 0.25) is 0 Å². The SMILES string of the molecule is CC1CCC(COc2c(Cl)cc(Cl)cc2CCl)O1. The van der Waals surface area contributed by atoms with Gasteiger partial charge in [-0.1, -0.05) is 23.2 Å². The van der Waals surface area contributed by atoms with Gasteiger partial charge in [-0.3, -0.25) is 0 Å². The third-order valence-corrected chi connectivity index (χ3v) is 3.75. The van der Waals surface area contributed by atoms with Crippen molar-refractivity contribution in [2.24, 2.45) is 0 Å². The first-order chi connectivity index (χ1) is 8.60. The van der Waals surface area contributed by atoms with Gasteiger partial charge in [-0.2, -0.15) is 0 Å². The maximum atomic E-state index is 6.12. The van der Waals surface area contributed by atoms with Crippen molar-refractivity contribution in [3.8, 4) is 5.75 Å². The zero-order valence-electron chi connectivity index (χ0n) is 10.1. The smallest absolute Gasteiger partial charge is 0.142 e. The quantitative estimate of drug-likeness (QED) is 0.752. The molecule has 1 aromatic rings. The van der Waals surface area contributed by atoms with Crippen LogP contribution in [0.1, 0.15) is 25.3 Å². The average molecular weight is 310 g/mol. The van der Waals surface area contributed by atoms with Crippen LogP contribution in [0, 0.1) is 0 Å². The zero-order valence-corrected chi connectivity index (χ0v) is 12.4. The second kappa shape index (κ2) is 6.33. The second-order valence-electron chi connectivity index (χ2n) is 4.47. The molecular weight excluding hydrogens is 294 g/mol. The van der Waals surface area contributed by atoms with Crippen molar-refractivity contribution >= 4 is 34.8 Å². The van der Waals surface area contributed by atoms with E-state index in [4.69, 9.17) is 44.3 Å². The molecule has 0 N–H and O–H groups in total. The van der Waals surface area contributed by atoms with Crippen molar-refractivity contribution in [1.29, 1.82) is 0 Å². The van der Waals surface area contributed by atoms with Crippen LogP contribution >= 0.6 is 34.8 Å². The highest BCUT2D eigenvalue weighted by Gasteiger charge is 2.23. The molecule has 1 aliphatic rings. The normalized spacial score (nSPS) is 23.3. The molecule has 1 aliphatic heterocycles. The minimum atomic E-state index is 0.134. The number of rotatable bonds is 4. The summed E-state index contributed by atoms with van der Waals surface area (Å²) in [6, 6.07) is 3.43. The van der Waals surface area contributed by atoms with Gasteiger partial charge in [0, 0.05) is 10.6 Å². The number of ether oxygens (including phenoxy) is 2. The van der Waals surface area contributed by atoms with Gasteiger partial charge in [-0.15, -0.1) is 11.6 Å². The van der Waals surface area contributed by atoms with Gasteiger partial charge < -0.3 is 9.47 Å². The lowest BCUT2D eigenvalue weighted by atomic mass is 10.2. The number of hydrogen-bond acceptors (Lipinski definition) is 2. The Morgan fingerprint density at radius 3 is 2.72 bits per heavy atom. The predicted octanol–water partition coefficient (Wildman–Crippen LogP) is 4.68. The molecule has 2 atom stereocenters. The van der Waals surface area contributed by atoms with Crippen LogP contribution in [-0.4, -0.2) is 18.8 Å². The summed E-state index contributed by atoms with van der Waals surface area (Å²) in [5.74, 6) is 0.927. The monoisotopic (exact) mass is 308 g/mol. The third kappa shape index (κ3) is 3.45. The van der Waals surface area contributed by atoms with Gasteiger partial charge in [0.25, 0.3) is 0 Å². The highest BCUT2D eigenvalue weighted by molar-refractivity contribution is 6.35. The number of hydrogen-bond donors (Lipinski definition) is 0. The fraction of sp³-hybridized carbons (Fsp3) is 0.538. The molecular formula is C13H15Cl3O2. The van der Waals surface area contributed by atoms with E-state index in [2.05, 4.69) is 6.92 Å². The summed E-state index contributed by atoms with van der Waals surface area (Å²) in [4.78, 5) is 0. The Morgan fingerprint density at radius 2 is 2.11 bits per heavy atom. The summed E-state index contributed by atoms with van der Waals surface area (Å²) in [5, 5.41) is 1.05. The molecule has 5 heteroatoms. The average Bonchev–Trinajstić information content (AvgIpc) is 2.73. The van der Waals surface area contributed by atoms with Crippen molar-refractivity contribution < 1.29 is 9.47 Å². The molecule has 1 saturated heterocycles. The molecule has 0 aromatic heterocycles. The van der Waals surface area contributed by atoms with Crippen molar-refractivity contribution in [2.75, 3.05) is 6.61 Å². The van der Waals surface area contributed by atoms with E-state index in [9.17, 15) is 0 Å². The molecule has 0 spiro atoms. The van der Waals surface area contributed by atoms with Gasteiger partial charge in [0.15, 0.2) is 0 Å². The fourth-order valence-corrected chi connectivity index (χ4v) is 2.85. The maximum absolute atomic E-state index is 6.12. The number of benzene rings is 1. The Hall–Kier alpha value is -0.150. The maximum Gasteiger partial charge on any atom is 0.142 e. The summed E-state index contributed by atoms with van der Waals surface area (Å²) in [6.45, 7) is 2.56. The molecule has 100 valence electrons. The van der Waals surface area contributed by atoms with Crippen LogP contribution in [0.3, 0.4) is 0 Å². The van der Waals surface area contributed by atoms with Crippen LogP contribution in [-0.2, 0) is 10.6 Å². The Kier molecular flexibility index (Phi) is 5.02. The largest absolute Gasteiger partial charge is 0.489 e. The van der Waals surface area contributed by atoms with Gasteiger partial charge in [-0.05, 0) is 31.9 Å². The van der Waals surface area contributed by atoms with Crippen molar-refractivity contribution in [1.82, 2.24) is 0 Å². The molecule has 0 radical (unpaired) electrons. The standard InChI is InChI=1S/C13H15Cl3O2/c1-8-2-3-11(18-8)7-17-13-9(6-14)4-10(15)5-12(13)16/h4-5,8,11H,2-3,6-7H2,1H3. The summed E-state index contributed by atoms with van der Waals surface area (Å²) in [6.07, 6.45) is 2.54. The second-order valence-corrected chi connectivity index (χ2v) is 5.58. The van der Waals surface area contributed by atoms with Crippen LogP contribution in [0.25, 0.3) is 0 Å². The van der Waals surface area contributed by atoms with Crippen LogP contribution in [0.4, 0.5) is 0 Å². The molecule has 2 rings (SSSR count). The van der Waals surface area contributed by atoms with Crippen molar-refractivity contribution in [2.45, 2.75) is 37.9 Å². The molecule has 0 bridgehead atoms. The Labute approximate surface area is 122 Å². The lowest BCUT2D eigenvalue weighted by molar-refractivity contribution is 0.0263. The highest BCUT2D eigenvalue weighted by Crippen LogP contribution is 2.34. The van der Waals surface area contributed by atoms with Crippen LogP contribution < -0.4 is 4.74 Å². The number of alkyl halides is 1. The fourth-order valence-electron chi connectivity index (χ4n) is 2.06. The molecule has 2 nitrogen and oxygen atoms in total. The molecule has 18 heavy (non-hydrogen) atoms. The third-order valence-electron chi connectivity index (χ3n) is 2.96. The van der Waals surface area contributed by atoms with Crippen molar-refractivity contribution in [3.63, 3.8) is 0 Å². The van der Waals surface area contributed by atoms with E-state index in [1.165, 1.54) is 0 Å². The molecule has 0 aliphatic carbocycles. The van der Waals surface area contributed by atoms with Gasteiger partial charge in [0.1, 0.15) is 12.4 Å². The Morgan fingerprint density at radius 1 is 1.33 bits per heavy atom. The molecule has 0 saturated carbocycles. The zero-order chi connectivity index (χ0) is 13.1. The summed E-state index contributed by atoms with van der Waals surface area (Å²) in [5.41, 5.74) is 0.806. The van der Waals surface area contributed by atoms with E-state index >= 15 is 0 Å². The van der Waals surface area contributed by atoms with Gasteiger partial charge >= 0.3 is 0 Å². The topological polar surface area (TPSA) is 18.5 Å². The van der Waals surface area contributed by atoms with Gasteiger partial charge in [0.05, 0.1) is 23.1 Å². The number of halogens is 3. The molecule has 1 heterocycles. The van der Waals surface area contributed by atoms with E-state index in [-0.39, 0.29) is 6.10 Å². The summed E-state index contributed by atoms with van der Waals surface area (Å²) in [7, 11) is 0. The lowest BCUT2D eigenvalue weighted by Gasteiger charge is -2.16. The summed E-state index contributed by atoms with van der Waals surface area (Å²) >= 11 is 17.9. The van der Waals surface area contributed by atoms with Crippen LogP contribution in [0.2, 0.25) is 10.0 Å². The van der Waals surface area contributed by atoms with Crippen molar-refractivity contribution in [3.05, 3.63) is 27.7 Å². The van der Waals surface area contributed by atoms with E-state index in [1.54, 1.807) is 12.1 Å². The Balaban J connectivity index is 2.04. The minimum absolute atomic E-state index is 0.134. The Bertz CT molecular complexity index is 423. The lowest BCUT2D eigenvalue weighted by Crippen LogP contribution is -2.18. The predicted molar refractivity (Wildman–Crippen MR) is 75.1 cm³/mol. The van der Waals surface area contributed by atoms with E-state index in [0.717, 1.165) is 18.4 Å². The molecule has 2 unspecified atom stereocenters. The first kappa shape index (κ1) is 14.3. The minimum Gasteiger partial charge on any atom is -0.489 e. The molecule has 0 amide bonds. The summed E-state index contributed by atoms with van der Waals surface area (Å²) < 4.78 is 11.4. The van der Waals surface area contributed by atoms with Crippen LogP contribution in [0.15, 0.2) is 12.1 Å². The first-order valence-corrected chi connectivity index (χ1v) is 7.21. The van der Waals surface area contributed by atoms with E-state index in [0.29, 0.717) is 34.4 Å².